The highest BCUT2D eigenvalue weighted by atomic mass is 19.4. The van der Waals surface area contributed by atoms with Gasteiger partial charge < -0.3 is 19.5 Å². The molecule has 6 nitrogen and oxygen atoms in total. The van der Waals surface area contributed by atoms with Crippen LogP contribution in [0.4, 0.5) is 31.1 Å². The second kappa shape index (κ2) is 9.22. The van der Waals surface area contributed by atoms with Crippen molar-refractivity contribution < 1.29 is 50.7 Å². The van der Waals surface area contributed by atoms with Crippen LogP contribution in [0.3, 0.4) is 0 Å². The molecule has 0 heterocycles. The minimum atomic E-state index is -5.82. The Hall–Kier alpha value is -2.37. The summed E-state index contributed by atoms with van der Waals surface area (Å²) >= 11 is 0. The van der Waals surface area contributed by atoms with Gasteiger partial charge in [0.1, 0.15) is 0 Å². The molecule has 0 fully saturated rings. The van der Waals surface area contributed by atoms with Gasteiger partial charge in [0, 0.05) is 6.42 Å². The van der Waals surface area contributed by atoms with E-state index in [0.29, 0.717) is 11.3 Å². The highest BCUT2D eigenvalue weighted by molar-refractivity contribution is 5.68. The molecule has 0 aliphatic carbocycles. The number of carbonyl (C=O) groups is 1. The summed E-state index contributed by atoms with van der Waals surface area (Å²) in [6.07, 6.45) is -13.6. The first-order chi connectivity index (χ1) is 12.9. The lowest BCUT2D eigenvalue weighted by Crippen LogP contribution is -3.08. The van der Waals surface area contributed by atoms with Gasteiger partial charge in [-0.3, -0.25) is 5.32 Å². The van der Waals surface area contributed by atoms with E-state index >= 15 is 0 Å². The number of rotatable bonds is 8. The number of carbonyl (C=O) groups excluding carboxylic acids is 1. The maximum Gasteiger partial charge on any atom is 0.475 e. The number of benzene rings is 1. The zero-order valence-electron chi connectivity index (χ0n) is 15.3. The molecule has 160 valence electrons. The normalized spacial score (nSPS) is 12.5. The number of quaternary nitrogens is 1. The smallest absolute Gasteiger partial charge is 0.475 e. The van der Waals surface area contributed by atoms with Gasteiger partial charge in [0.05, 0.1) is 27.4 Å². The first kappa shape index (κ1) is 23.7. The Kier molecular flexibility index (Phi) is 7.79. The van der Waals surface area contributed by atoms with E-state index in [1.165, 1.54) is 39.3 Å². The summed E-state index contributed by atoms with van der Waals surface area (Å²) in [6.45, 7) is 0.230. The van der Waals surface area contributed by atoms with Crippen LogP contribution in [0.15, 0.2) is 18.2 Å². The third-order valence-corrected chi connectivity index (χ3v) is 3.80. The molecule has 0 unspecified atom stereocenters. The third-order valence-electron chi connectivity index (χ3n) is 3.80. The van der Waals surface area contributed by atoms with E-state index in [9.17, 15) is 31.1 Å². The number of nitrogens with one attached hydrogen (secondary N) is 1. The number of nitrogens with two attached hydrogens (primary N) is 1. The molecule has 0 aromatic heterocycles. The monoisotopic (exact) mass is 419 g/mol. The average Bonchev–Trinajstić information content (AvgIpc) is 2.58. The number of halogens is 6. The first-order valence-electron chi connectivity index (χ1n) is 8.05. The maximum atomic E-state index is 13.4. The van der Waals surface area contributed by atoms with Crippen LogP contribution in [-0.4, -0.2) is 51.5 Å². The van der Waals surface area contributed by atoms with Crippen molar-refractivity contribution in [1.82, 2.24) is 5.32 Å². The summed E-state index contributed by atoms with van der Waals surface area (Å²) in [4.78, 5) is 11.4. The predicted molar refractivity (Wildman–Crippen MR) is 85.0 cm³/mol. The highest BCUT2D eigenvalue weighted by Gasteiger charge is 2.76. The Labute approximate surface area is 157 Å². The van der Waals surface area contributed by atoms with Crippen molar-refractivity contribution in [1.29, 1.82) is 0 Å². The summed E-state index contributed by atoms with van der Waals surface area (Å²) in [5.74, 6) is 0.640. The lowest BCUT2D eigenvalue weighted by atomic mass is 10.1. The molecule has 0 saturated carbocycles. The van der Waals surface area contributed by atoms with E-state index in [2.05, 4.69) is 4.74 Å². The zero-order chi connectivity index (χ0) is 21.6. The summed E-state index contributed by atoms with van der Waals surface area (Å²) < 4.78 is 94.4. The molecule has 0 spiro atoms. The standard InChI is InChI=1S/C16H20F6N2O4/c1-4-28-13(25)24-14(15(17,18)19,16(20,21)22)23-8-7-10-5-6-11(26-2)12(9-10)27-3/h5-6,9,23H,4,7-8H2,1-3H3,(H,24,25)/p+1. The molecule has 1 rings (SSSR count). The maximum absolute atomic E-state index is 13.4. The highest BCUT2D eigenvalue weighted by Crippen LogP contribution is 2.38. The molecule has 1 aromatic carbocycles. The van der Waals surface area contributed by atoms with Crippen LogP contribution < -0.4 is 20.1 Å². The summed E-state index contributed by atoms with van der Waals surface area (Å²) in [5, 5.41) is 0.914. The fourth-order valence-corrected chi connectivity index (χ4v) is 2.40. The van der Waals surface area contributed by atoms with E-state index in [-0.39, 0.29) is 24.1 Å². The van der Waals surface area contributed by atoms with Gasteiger partial charge in [-0.1, -0.05) is 6.07 Å². The lowest BCUT2D eigenvalue weighted by molar-refractivity contribution is -0.784. The van der Waals surface area contributed by atoms with Crippen molar-refractivity contribution in [3.8, 4) is 11.5 Å². The molecule has 28 heavy (non-hydrogen) atoms. The largest absolute Gasteiger partial charge is 0.493 e. The number of methoxy groups -OCH3 is 2. The van der Waals surface area contributed by atoms with Crippen molar-refractivity contribution in [2.75, 3.05) is 27.4 Å². The molecular weight excluding hydrogens is 398 g/mol. The van der Waals surface area contributed by atoms with Crippen molar-refractivity contribution in [2.45, 2.75) is 31.4 Å². The summed E-state index contributed by atoms with van der Waals surface area (Å²) in [5.41, 5.74) is -4.12. The number of ether oxygens (including phenoxy) is 3. The topological polar surface area (TPSA) is 73.4 Å². The van der Waals surface area contributed by atoms with Crippen LogP contribution in [0.5, 0.6) is 11.5 Å². The molecule has 0 radical (unpaired) electrons. The second-order valence-electron chi connectivity index (χ2n) is 5.58. The Balaban J connectivity index is 3.06. The number of alkyl halides is 6. The van der Waals surface area contributed by atoms with Gasteiger partial charge in [-0.05, 0) is 24.6 Å². The SMILES string of the molecule is CCOC(=O)NC([NH2+]CCc1ccc(OC)c(OC)c1)(C(F)(F)F)C(F)(F)F. The molecule has 0 bridgehead atoms. The molecule has 12 heteroatoms. The van der Waals surface area contributed by atoms with Gasteiger partial charge >= 0.3 is 24.1 Å². The molecule has 1 amide bonds. The van der Waals surface area contributed by atoms with Gasteiger partial charge in [-0.2, -0.15) is 26.3 Å². The van der Waals surface area contributed by atoms with Crippen LogP contribution in [0, 0.1) is 0 Å². The van der Waals surface area contributed by atoms with Crippen LogP contribution in [-0.2, 0) is 11.2 Å². The van der Waals surface area contributed by atoms with Crippen molar-refractivity contribution in [3.05, 3.63) is 23.8 Å². The van der Waals surface area contributed by atoms with Crippen LogP contribution in [0.2, 0.25) is 0 Å². The first-order valence-corrected chi connectivity index (χ1v) is 8.05. The lowest BCUT2D eigenvalue weighted by Gasteiger charge is -2.34. The van der Waals surface area contributed by atoms with E-state index in [1.807, 2.05) is 0 Å². The molecule has 0 aliphatic heterocycles. The van der Waals surface area contributed by atoms with Gasteiger partial charge in [0.2, 0.25) is 0 Å². The minimum Gasteiger partial charge on any atom is -0.493 e. The number of hydrogen-bond donors (Lipinski definition) is 2. The number of amides is 1. The predicted octanol–water partition coefficient (Wildman–Crippen LogP) is 2.38. The molecular formula is C16H21F6N2O4+. The molecule has 3 N–H and O–H groups in total. The van der Waals surface area contributed by atoms with Gasteiger partial charge in [0.25, 0.3) is 0 Å². The Morgan fingerprint density at radius 3 is 2.07 bits per heavy atom. The minimum absolute atomic E-state index is 0.0133. The van der Waals surface area contributed by atoms with Crippen LogP contribution in [0.1, 0.15) is 12.5 Å². The van der Waals surface area contributed by atoms with Gasteiger partial charge in [-0.15, -0.1) is 0 Å². The van der Waals surface area contributed by atoms with E-state index in [0.717, 1.165) is 5.32 Å². The van der Waals surface area contributed by atoms with Crippen LogP contribution in [0.25, 0.3) is 0 Å². The van der Waals surface area contributed by atoms with Gasteiger partial charge in [0.15, 0.2) is 11.5 Å². The average molecular weight is 419 g/mol. The molecule has 0 aliphatic rings. The fraction of sp³-hybridized carbons (Fsp3) is 0.562. The van der Waals surface area contributed by atoms with E-state index in [4.69, 9.17) is 9.47 Å². The quantitative estimate of drug-likeness (QED) is 0.501. The molecule has 1 aromatic rings. The number of hydrogen-bond acceptors (Lipinski definition) is 4. The second-order valence-corrected chi connectivity index (χ2v) is 5.58. The van der Waals surface area contributed by atoms with Crippen molar-refractivity contribution >= 4 is 6.09 Å². The third kappa shape index (κ3) is 5.33. The summed E-state index contributed by atoms with van der Waals surface area (Å²) in [6, 6.07) is 4.40. The number of alkyl carbamates (subject to hydrolysis) is 1. The Bertz CT molecular complexity index is 650. The van der Waals surface area contributed by atoms with Gasteiger partial charge in [-0.25, -0.2) is 4.79 Å². The van der Waals surface area contributed by atoms with E-state index < -0.39 is 30.7 Å². The van der Waals surface area contributed by atoms with E-state index in [1.54, 1.807) is 0 Å². The zero-order valence-corrected chi connectivity index (χ0v) is 15.3. The summed E-state index contributed by atoms with van der Waals surface area (Å²) in [7, 11) is 2.72. The molecule has 0 saturated heterocycles. The molecule has 0 atom stereocenters. The Morgan fingerprint density at radius 2 is 1.61 bits per heavy atom. The van der Waals surface area contributed by atoms with Crippen molar-refractivity contribution in [2.24, 2.45) is 0 Å². The Morgan fingerprint density at radius 1 is 1.04 bits per heavy atom. The van der Waals surface area contributed by atoms with Crippen molar-refractivity contribution in [3.63, 3.8) is 0 Å². The fourth-order valence-electron chi connectivity index (χ4n) is 2.40. The van der Waals surface area contributed by atoms with Crippen LogP contribution >= 0.6 is 0 Å².